The number of nitrogens with zero attached hydrogens (tertiary/aromatic N) is 2. The minimum Gasteiger partial charge on any atom is -0.493 e. The van der Waals surface area contributed by atoms with Crippen molar-refractivity contribution in [2.24, 2.45) is 0 Å². The van der Waals surface area contributed by atoms with Crippen LogP contribution in [0, 0.1) is 0 Å². The highest BCUT2D eigenvalue weighted by Gasteiger charge is 2.48. The first-order chi connectivity index (χ1) is 14.3. The molecule has 1 aliphatic heterocycles. The van der Waals surface area contributed by atoms with Crippen LogP contribution in [0.25, 0.3) is 0 Å². The molecule has 1 aromatic carbocycles. The fourth-order valence-corrected chi connectivity index (χ4v) is 5.09. The van der Waals surface area contributed by atoms with E-state index in [0.29, 0.717) is 18.8 Å². The Labute approximate surface area is 175 Å². The normalized spacial score (nSPS) is 19.2. The van der Waals surface area contributed by atoms with E-state index in [1.54, 1.807) is 43.9 Å². The van der Waals surface area contributed by atoms with E-state index in [2.05, 4.69) is 4.98 Å². The number of sulfonamides is 1. The molecule has 0 unspecified atom stereocenters. The molecule has 1 atom stereocenters. The van der Waals surface area contributed by atoms with Crippen LogP contribution in [0.1, 0.15) is 19.4 Å². The third-order valence-corrected chi connectivity index (χ3v) is 6.81. The minimum atomic E-state index is -4.00. The van der Waals surface area contributed by atoms with Gasteiger partial charge in [0.15, 0.2) is 0 Å². The number of hydroxylamine groups is 1. The van der Waals surface area contributed by atoms with E-state index in [9.17, 15) is 13.2 Å². The lowest BCUT2D eigenvalue weighted by molar-refractivity contribution is -0.154. The number of hydrogen-bond donors (Lipinski definition) is 2. The van der Waals surface area contributed by atoms with Crippen molar-refractivity contribution < 1.29 is 27.9 Å². The second-order valence-electron chi connectivity index (χ2n) is 7.37. The van der Waals surface area contributed by atoms with Crippen LogP contribution in [-0.2, 0) is 26.0 Å². The van der Waals surface area contributed by atoms with Crippen molar-refractivity contribution in [3.8, 4) is 5.75 Å². The van der Waals surface area contributed by atoms with Gasteiger partial charge in [-0.15, -0.1) is 0 Å². The standard InChI is InChI=1S/C20H25N3O6S/c1-20(2)18(19(24)22-25)23(12-14-29-20)30(26,27)17-5-3-16(4-6-17)28-13-9-15-7-10-21-11-8-15/h3-8,10-11,18,25H,9,12-14H2,1-2H3,(H,22,24)/t18-/m0/s1. The molecule has 1 saturated heterocycles. The van der Waals surface area contributed by atoms with Crippen LogP contribution < -0.4 is 10.2 Å². The summed E-state index contributed by atoms with van der Waals surface area (Å²) in [5.41, 5.74) is 1.53. The molecular formula is C20H25N3O6S. The number of carbonyl (C=O) groups excluding carboxylic acids is 1. The van der Waals surface area contributed by atoms with Gasteiger partial charge >= 0.3 is 0 Å². The predicted molar refractivity (Wildman–Crippen MR) is 108 cm³/mol. The molecule has 2 aromatic rings. The van der Waals surface area contributed by atoms with Gasteiger partial charge in [-0.05, 0) is 55.8 Å². The van der Waals surface area contributed by atoms with Gasteiger partial charge in [-0.2, -0.15) is 4.31 Å². The van der Waals surface area contributed by atoms with Gasteiger partial charge in [-0.3, -0.25) is 15.0 Å². The van der Waals surface area contributed by atoms with E-state index in [0.717, 1.165) is 9.87 Å². The fraction of sp³-hybridized carbons (Fsp3) is 0.400. The van der Waals surface area contributed by atoms with Gasteiger partial charge in [-0.1, -0.05) is 0 Å². The van der Waals surface area contributed by atoms with E-state index >= 15 is 0 Å². The third kappa shape index (κ3) is 4.78. The fourth-order valence-electron chi connectivity index (χ4n) is 3.40. The van der Waals surface area contributed by atoms with Crippen molar-refractivity contribution in [1.82, 2.24) is 14.8 Å². The summed E-state index contributed by atoms with van der Waals surface area (Å²) in [4.78, 5) is 16.2. The van der Waals surface area contributed by atoms with Gasteiger partial charge in [0.05, 0.1) is 23.7 Å². The molecule has 1 amide bonds. The second-order valence-corrected chi connectivity index (χ2v) is 9.26. The quantitative estimate of drug-likeness (QED) is 0.498. The Kier molecular flexibility index (Phi) is 6.71. The Morgan fingerprint density at radius 1 is 1.27 bits per heavy atom. The van der Waals surface area contributed by atoms with Crippen molar-refractivity contribution in [2.45, 2.75) is 36.8 Å². The summed E-state index contributed by atoms with van der Waals surface area (Å²) < 4.78 is 38.7. The van der Waals surface area contributed by atoms with Crippen LogP contribution in [0.3, 0.4) is 0 Å². The number of hydrogen-bond acceptors (Lipinski definition) is 7. The molecular weight excluding hydrogens is 410 g/mol. The number of amides is 1. The summed E-state index contributed by atoms with van der Waals surface area (Å²) in [5.74, 6) is -0.311. The molecule has 3 rings (SSSR count). The molecule has 0 spiro atoms. The maximum Gasteiger partial charge on any atom is 0.264 e. The van der Waals surface area contributed by atoms with Crippen molar-refractivity contribution in [3.63, 3.8) is 0 Å². The maximum absolute atomic E-state index is 13.2. The number of ether oxygens (including phenoxy) is 2. The Hall–Kier alpha value is -2.53. The molecule has 0 saturated carbocycles. The third-order valence-electron chi connectivity index (χ3n) is 4.93. The van der Waals surface area contributed by atoms with Gasteiger partial charge in [-0.25, -0.2) is 13.9 Å². The lowest BCUT2D eigenvalue weighted by atomic mass is 9.96. The van der Waals surface area contributed by atoms with Crippen LogP contribution in [0.15, 0.2) is 53.7 Å². The monoisotopic (exact) mass is 435 g/mol. The Morgan fingerprint density at radius 3 is 2.57 bits per heavy atom. The van der Waals surface area contributed by atoms with Gasteiger partial charge in [0.1, 0.15) is 11.8 Å². The highest BCUT2D eigenvalue weighted by atomic mass is 32.2. The van der Waals surface area contributed by atoms with Crippen LogP contribution in [0.5, 0.6) is 5.75 Å². The summed E-state index contributed by atoms with van der Waals surface area (Å²) in [7, 11) is -4.00. The Balaban J connectivity index is 1.73. The average Bonchev–Trinajstić information content (AvgIpc) is 2.73. The zero-order valence-corrected chi connectivity index (χ0v) is 17.6. The molecule has 0 bridgehead atoms. The summed E-state index contributed by atoms with van der Waals surface area (Å²) in [5, 5.41) is 9.08. The van der Waals surface area contributed by atoms with Crippen molar-refractivity contribution >= 4 is 15.9 Å². The van der Waals surface area contributed by atoms with Gasteiger partial charge in [0.25, 0.3) is 5.91 Å². The number of rotatable bonds is 7. The second kappa shape index (κ2) is 9.09. The van der Waals surface area contributed by atoms with E-state index < -0.39 is 27.6 Å². The summed E-state index contributed by atoms with van der Waals surface area (Å²) in [6.07, 6.45) is 4.13. The topological polar surface area (TPSA) is 118 Å². The van der Waals surface area contributed by atoms with Crippen molar-refractivity contribution in [1.29, 1.82) is 0 Å². The lowest BCUT2D eigenvalue weighted by Crippen LogP contribution is -2.64. The van der Waals surface area contributed by atoms with E-state index in [4.69, 9.17) is 14.7 Å². The molecule has 0 radical (unpaired) electrons. The highest BCUT2D eigenvalue weighted by Crippen LogP contribution is 2.30. The zero-order chi connectivity index (χ0) is 21.8. The Bertz CT molecular complexity index is 964. The molecule has 2 heterocycles. The minimum absolute atomic E-state index is 0.00592. The highest BCUT2D eigenvalue weighted by molar-refractivity contribution is 7.89. The number of morpholine rings is 1. The molecule has 30 heavy (non-hydrogen) atoms. The van der Waals surface area contributed by atoms with Gasteiger partial charge in [0, 0.05) is 25.4 Å². The van der Waals surface area contributed by atoms with E-state index in [1.165, 1.54) is 12.1 Å². The molecule has 1 fully saturated rings. The molecule has 1 aromatic heterocycles. The summed E-state index contributed by atoms with van der Waals surface area (Å²) in [6, 6.07) is 8.63. The first-order valence-electron chi connectivity index (χ1n) is 9.47. The summed E-state index contributed by atoms with van der Waals surface area (Å²) >= 11 is 0. The molecule has 162 valence electrons. The largest absolute Gasteiger partial charge is 0.493 e. The first kappa shape index (κ1) is 22.2. The van der Waals surface area contributed by atoms with E-state index in [-0.39, 0.29) is 18.0 Å². The van der Waals surface area contributed by atoms with Crippen LogP contribution in [0.2, 0.25) is 0 Å². The SMILES string of the molecule is CC1(C)OCCN(S(=O)(=O)c2ccc(OCCc3ccncc3)cc2)[C@H]1C(=O)NO. The molecule has 1 aliphatic rings. The van der Waals surface area contributed by atoms with Crippen molar-refractivity contribution in [3.05, 3.63) is 54.4 Å². The van der Waals surface area contributed by atoms with Gasteiger partial charge in [0.2, 0.25) is 10.0 Å². The molecule has 9 nitrogen and oxygen atoms in total. The van der Waals surface area contributed by atoms with Gasteiger partial charge < -0.3 is 9.47 Å². The first-order valence-corrected chi connectivity index (χ1v) is 10.9. The van der Waals surface area contributed by atoms with Crippen LogP contribution in [-0.4, -0.2) is 60.2 Å². The van der Waals surface area contributed by atoms with E-state index in [1.807, 2.05) is 12.1 Å². The zero-order valence-electron chi connectivity index (χ0n) is 16.8. The average molecular weight is 436 g/mol. The maximum atomic E-state index is 13.2. The number of benzene rings is 1. The van der Waals surface area contributed by atoms with Crippen LogP contribution >= 0.6 is 0 Å². The molecule has 10 heteroatoms. The molecule has 2 N–H and O–H groups in total. The lowest BCUT2D eigenvalue weighted by Gasteiger charge is -2.43. The predicted octanol–water partition coefficient (Wildman–Crippen LogP) is 1.38. The number of pyridine rings is 1. The molecule has 0 aliphatic carbocycles. The number of aromatic nitrogens is 1. The number of nitrogens with one attached hydrogen (secondary N) is 1. The number of carbonyl (C=O) groups is 1. The van der Waals surface area contributed by atoms with Crippen LogP contribution in [0.4, 0.5) is 0 Å². The smallest absolute Gasteiger partial charge is 0.264 e. The summed E-state index contributed by atoms with van der Waals surface area (Å²) in [6.45, 7) is 3.78. The van der Waals surface area contributed by atoms with Crippen molar-refractivity contribution in [2.75, 3.05) is 19.8 Å². The Morgan fingerprint density at radius 2 is 1.93 bits per heavy atom.